The molecule has 2 unspecified atom stereocenters. The van der Waals surface area contributed by atoms with Crippen molar-refractivity contribution in [2.24, 2.45) is 11.8 Å². The molecule has 0 amide bonds. The Labute approximate surface area is 146 Å². The van der Waals surface area contributed by atoms with Gasteiger partial charge in [-0.2, -0.15) is 0 Å². The molecule has 134 valence electrons. The second kappa shape index (κ2) is 7.69. The van der Waals surface area contributed by atoms with Gasteiger partial charge in [-0.05, 0) is 36.7 Å². The Balaban J connectivity index is 2.39. The first kappa shape index (κ1) is 19.0. The molecule has 2 rings (SSSR count). The monoisotopic (exact) mass is 332 g/mol. The quantitative estimate of drug-likeness (QED) is 0.782. The van der Waals surface area contributed by atoms with E-state index in [0.29, 0.717) is 6.61 Å². The average Bonchev–Trinajstić information content (AvgIpc) is 2.62. The van der Waals surface area contributed by atoms with Gasteiger partial charge in [0.2, 0.25) is 0 Å². The number of esters is 1. The maximum Gasteiger partial charge on any atom is 0.338 e. The van der Waals surface area contributed by atoms with Crippen LogP contribution in [0.3, 0.4) is 0 Å². The van der Waals surface area contributed by atoms with Gasteiger partial charge in [-0.25, -0.2) is 4.79 Å². The second-order valence-electron chi connectivity index (χ2n) is 7.69. The zero-order chi connectivity index (χ0) is 17.8. The highest BCUT2D eigenvalue weighted by atomic mass is 16.5. The van der Waals surface area contributed by atoms with Crippen molar-refractivity contribution in [3.05, 3.63) is 35.9 Å². The maximum atomic E-state index is 12.8. The van der Waals surface area contributed by atoms with E-state index in [9.17, 15) is 9.90 Å². The van der Waals surface area contributed by atoms with Crippen molar-refractivity contribution in [1.29, 1.82) is 0 Å². The molecule has 1 fully saturated rings. The van der Waals surface area contributed by atoms with E-state index in [4.69, 9.17) is 4.74 Å². The molecule has 1 N–H and O–H groups in total. The fraction of sp³-hybridized carbons (Fsp3) is 0.667. The summed E-state index contributed by atoms with van der Waals surface area (Å²) in [5.41, 5.74) is -0.633. The van der Waals surface area contributed by atoms with Gasteiger partial charge in [0.05, 0.1) is 6.61 Å². The highest BCUT2D eigenvalue weighted by Crippen LogP contribution is 2.46. The zero-order valence-electron chi connectivity index (χ0n) is 15.5. The Kier molecular flexibility index (Phi) is 6.08. The summed E-state index contributed by atoms with van der Waals surface area (Å²) in [5.74, 6) is -0.716. The number of hydrogen-bond donors (Lipinski definition) is 1. The van der Waals surface area contributed by atoms with E-state index in [1.165, 1.54) is 6.42 Å². The number of aliphatic hydroxyl groups is 1. The Bertz CT molecular complexity index is 531. The minimum absolute atomic E-state index is 0.0247. The van der Waals surface area contributed by atoms with Gasteiger partial charge in [0.25, 0.3) is 0 Å². The van der Waals surface area contributed by atoms with Crippen LogP contribution in [0.5, 0.6) is 0 Å². The van der Waals surface area contributed by atoms with Gasteiger partial charge in [-0.3, -0.25) is 0 Å². The van der Waals surface area contributed by atoms with Crippen LogP contribution in [0.25, 0.3) is 0 Å². The Morgan fingerprint density at radius 3 is 2.33 bits per heavy atom. The van der Waals surface area contributed by atoms with Gasteiger partial charge in [-0.15, -0.1) is 0 Å². The standard InChI is InChI=1S/C21H32O3/c1-5-24-19(22)21(23,18-14-10-7-11-15-18)16(2)20(3,4)17-12-8-6-9-13-17/h6,8-9,12-13,16,18,23H,5,7,10-11,14-15H2,1-4H3. The van der Waals surface area contributed by atoms with Crippen molar-refractivity contribution in [2.75, 3.05) is 6.61 Å². The molecule has 24 heavy (non-hydrogen) atoms. The third-order valence-corrected chi connectivity index (χ3v) is 6.09. The van der Waals surface area contributed by atoms with Crippen LogP contribution in [0.4, 0.5) is 0 Å². The summed E-state index contributed by atoms with van der Waals surface area (Å²) >= 11 is 0. The molecule has 0 bridgehead atoms. The van der Waals surface area contributed by atoms with E-state index in [2.05, 4.69) is 26.0 Å². The minimum Gasteiger partial charge on any atom is -0.464 e. The summed E-state index contributed by atoms with van der Waals surface area (Å²) < 4.78 is 5.32. The van der Waals surface area contributed by atoms with Gasteiger partial charge in [0, 0.05) is 5.92 Å². The molecule has 1 aliphatic rings. The summed E-state index contributed by atoms with van der Waals surface area (Å²) in [7, 11) is 0. The lowest BCUT2D eigenvalue weighted by atomic mass is 9.61. The van der Waals surface area contributed by atoms with Gasteiger partial charge >= 0.3 is 5.97 Å². The van der Waals surface area contributed by atoms with Crippen LogP contribution in [0.1, 0.15) is 65.4 Å². The molecular weight excluding hydrogens is 300 g/mol. The lowest BCUT2D eigenvalue weighted by Crippen LogP contribution is -2.57. The number of carbonyl (C=O) groups excluding carboxylic acids is 1. The first-order chi connectivity index (χ1) is 11.3. The highest BCUT2D eigenvalue weighted by Gasteiger charge is 2.54. The molecule has 0 aliphatic heterocycles. The third kappa shape index (κ3) is 3.51. The molecule has 0 aromatic heterocycles. The van der Waals surface area contributed by atoms with E-state index in [1.54, 1.807) is 6.92 Å². The van der Waals surface area contributed by atoms with Crippen molar-refractivity contribution in [3.8, 4) is 0 Å². The normalized spacial score (nSPS) is 20.2. The lowest BCUT2D eigenvalue weighted by Gasteiger charge is -2.46. The summed E-state index contributed by atoms with van der Waals surface area (Å²) in [6, 6.07) is 10.1. The van der Waals surface area contributed by atoms with E-state index >= 15 is 0 Å². The van der Waals surface area contributed by atoms with Crippen molar-refractivity contribution in [1.82, 2.24) is 0 Å². The predicted molar refractivity (Wildman–Crippen MR) is 96.8 cm³/mol. The largest absolute Gasteiger partial charge is 0.464 e. The molecule has 0 saturated heterocycles. The van der Waals surface area contributed by atoms with Gasteiger partial charge in [-0.1, -0.05) is 70.4 Å². The van der Waals surface area contributed by atoms with Crippen molar-refractivity contribution in [2.45, 2.75) is 70.8 Å². The first-order valence-electron chi connectivity index (χ1n) is 9.30. The summed E-state index contributed by atoms with van der Waals surface area (Å²) in [6.07, 6.45) is 5.12. The van der Waals surface area contributed by atoms with Gasteiger partial charge < -0.3 is 9.84 Å². The topological polar surface area (TPSA) is 46.5 Å². The molecule has 0 heterocycles. The van der Waals surface area contributed by atoms with Gasteiger partial charge in [0.1, 0.15) is 0 Å². The van der Waals surface area contributed by atoms with Crippen LogP contribution in [0, 0.1) is 11.8 Å². The molecule has 1 aliphatic carbocycles. The van der Waals surface area contributed by atoms with Crippen LogP contribution >= 0.6 is 0 Å². The number of ether oxygens (including phenoxy) is 1. The third-order valence-electron chi connectivity index (χ3n) is 6.09. The second-order valence-corrected chi connectivity index (χ2v) is 7.69. The maximum absolute atomic E-state index is 12.8. The van der Waals surface area contributed by atoms with Crippen molar-refractivity contribution in [3.63, 3.8) is 0 Å². The predicted octanol–water partition coefficient (Wildman–Crippen LogP) is 4.47. The SMILES string of the molecule is CCOC(=O)C(O)(C1CCCCC1)C(C)C(C)(C)c1ccccc1. The van der Waals surface area contributed by atoms with E-state index < -0.39 is 11.6 Å². The molecule has 2 atom stereocenters. The summed E-state index contributed by atoms with van der Waals surface area (Å²) in [6.45, 7) is 8.32. The number of benzene rings is 1. The van der Waals surface area contributed by atoms with E-state index in [-0.39, 0.29) is 17.3 Å². The molecular formula is C21H32O3. The molecule has 1 aromatic rings. The minimum atomic E-state index is -1.43. The van der Waals surface area contributed by atoms with Crippen LogP contribution < -0.4 is 0 Å². The van der Waals surface area contributed by atoms with Crippen LogP contribution in [0.15, 0.2) is 30.3 Å². The summed E-state index contributed by atoms with van der Waals surface area (Å²) in [4.78, 5) is 12.8. The Morgan fingerprint density at radius 1 is 1.21 bits per heavy atom. The number of carbonyl (C=O) groups is 1. The lowest BCUT2D eigenvalue weighted by molar-refractivity contribution is -0.185. The molecule has 1 saturated carbocycles. The Morgan fingerprint density at radius 2 is 1.79 bits per heavy atom. The van der Waals surface area contributed by atoms with E-state index in [0.717, 1.165) is 31.2 Å². The molecule has 0 radical (unpaired) electrons. The molecule has 3 nitrogen and oxygen atoms in total. The fourth-order valence-electron chi connectivity index (χ4n) is 4.15. The number of rotatable bonds is 6. The first-order valence-corrected chi connectivity index (χ1v) is 9.30. The zero-order valence-corrected chi connectivity index (χ0v) is 15.5. The van der Waals surface area contributed by atoms with Crippen LogP contribution in [0.2, 0.25) is 0 Å². The van der Waals surface area contributed by atoms with Gasteiger partial charge in [0.15, 0.2) is 5.60 Å². The molecule has 0 spiro atoms. The van der Waals surface area contributed by atoms with E-state index in [1.807, 2.05) is 25.1 Å². The highest BCUT2D eigenvalue weighted by molar-refractivity contribution is 5.80. The Hall–Kier alpha value is -1.35. The number of hydrogen-bond acceptors (Lipinski definition) is 3. The van der Waals surface area contributed by atoms with Crippen LogP contribution in [-0.2, 0) is 14.9 Å². The molecule has 3 heteroatoms. The molecule has 1 aromatic carbocycles. The smallest absolute Gasteiger partial charge is 0.338 e. The van der Waals surface area contributed by atoms with Crippen molar-refractivity contribution >= 4 is 5.97 Å². The van der Waals surface area contributed by atoms with Crippen molar-refractivity contribution < 1.29 is 14.6 Å². The average molecular weight is 332 g/mol. The fourth-order valence-corrected chi connectivity index (χ4v) is 4.15. The van der Waals surface area contributed by atoms with Crippen LogP contribution in [-0.4, -0.2) is 23.3 Å². The summed E-state index contributed by atoms with van der Waals surface area (Å²) in [5, 5.41) is 11.6.